The smallest absolute Gasteiger partial charge is 0.333 e. The Bertz CT molecular complexity index is 622. The molecule has 128 valence electrons. The molecule has 1 aromatic rings. The number of likely N-dealkylation sites (tertiary alicyclic amines) is 1. The summed E-state index contributed by atoms with van der Waals surface area (Å²) in [4.78, 5) is 36.9. The minimum absolute atomic E-state index is 0.0944. The van der Waals surface area contributed by atoms with Crippen LogP contribution in [0.15, 0.2) is 42.0 Å². The van der Waals surface area contributed by atoms with E-state index in [1.54, 1.807) is 11.8 Å². The van der Waals surface area contributed by atoms with Crippen LogP contribution in [0.25, 0.3) is 0 Å². The van der Waals surface area contributed by atoms with Crippen molar-refractivity contribution in [3.05, 3.63) is 47.5 Å². The van der Waals surface area contributed by atoms with Gasteiger partial charge < -0.3 is 9.64 Å². The molecule has 0 atom stereocenters. The Morgan fingerprint density at radius 2 is 2.00 bits per heavy atom. The van der Waals surface area contributed by atoms with E-state index >= 15 is 0 Å². The molecule has 0 N–H and O–H groups in total. The van der Waals surface area contributed by atoms with E-state index in [9.17, 15) is 14.4 Å². The van der Waals surface area contributed by atoms with Crippen LogP contribution in [0.4, 0.5) is 0 Å². The number of hydrogen-bond acceptors (Lipinski definition) is 4. The van der Waals surface area contributed by atoms with E-state index in [0.29, 0.717) is 31.4 Å². The summed E-state index contributed by atoms with van der Waals surface area (Å²) in [6, 6.07) is 9.74. The number of ether oxygens (including phenoxy) is 1. The summed E-state index contributed by atoms with van der Waals surface area (Å²) < 4.78 is 5.12. The largest absolute Gasteiger partial charge is 0.460 e. The van der Waals surface area contributed by atoms with E-state index in [1.165, 1.54) is 6.08 Å². The van der Waals surface area contributed by atoms with Crippen molar-refractivity contribution >= 4 is 17.7 Å². The summed E-state index contributed by atoms with van der Waals surface area (Å²) >= 11 is 0. The van der Waals surface area contributed by atoms with Crippen LogP contribution in [0.2, 0.25) is 0 Å². The molecule has 1 fully saturated rings. The lowest BCUT2D eigenvalue weighted by molar-refractivity contribution is -0.141. The fourth-order valence-corrected chi connectivity index (χ4v) is 2.59. The van der Waals surface area contributed by atoms with Crippen LogP contribution in [0.5, 0.6) is 0 Å². The minimum atomic E-state index is -0.505. The van der Waals surface area contributed by atoms with E-state index in [1.807, 2.05) is 30.3 Å². The minimum Gasteiger partial charge on any atom is -0.460 e. The maximum Gasteiger partial charge on any atom is 0.333 e. The topological polar surface area (TPSA) is 63.7 Å². The SMILES string of the molecule is CC(=CC(=O)CCc1ccccc1)C(=O)OCCN1CCCC1=O. The number of benzene rings is 1. The van der Waals surface area contributed by atoms with Gasteiger partial charge >= 0.3 is 5.97 Å². The van der Waals surface area contributed by atoms with Crippen LogP contribution < -0.4 is 0 Å². The molecule has 5 nitrogen and oxygen atoms in total. The van der Waals surface area contributed by atoms with Crippen LogP contribution in [0.1, 0.15) is 31.7 Å². The van der Waals surface area contributed by atoms with Gasteiger partial charge in [0.25, 0.3) is 0 Å². The highest BCUT2D eigenvalue weighted by Crippen LogP contribution is 2.09. The Labute approximate surface area is 142 Å². The van der Waals surface area contributed by atoms with Crippen LogP contribution in [-0.4, -0.2) is 42.3 Å². The fourth-order valence-electron chi connectivity index (χ4n) is 2.59. The lowest BCUT2D eigenvalue weighted by Gasteiger charge is -2.15. The molecule has 1 amide bonds. The van der Waals surface area contributed by atoms with Gasteiger partial charge in [0.1, 0.15) is 6.61 Å². The van der Waals surface area contributed by atoms with E-state index in [2.05, 4.69) is 0 Å². The van der Waals surface area contributed by atoms with Gasteiger partial charge in [0.05, 0.1) is 6.54 Å². The molecule has 5 heteroatoms. The predicted octanol–water partition coefficient (Wildman–Crippen LogP) is 2.30. The third-order valence-electron chi connectivity index (χ3n) is 3.97. The highest BCUT2D eigenvalue weighted by Gasteiger charge is 2.20. The Kier molecular flexibility index (Phi) is 6.73. The summed E-state index contributed by atoms with van der Waals surface area (Å²) in [7, 11) is 0. The first-order chi connectivity index (χ1) is 11.6. The van der Waals surface area contributed by atoms with Gasteiger partial charge in [-0.1, -0.05) is 30.3 Å². The van der Waals surface area contributed by atoms with E-state index < -0.39 is 5.97 Å². The number of rotatable bonds is 8. The second-order valence-corrected chi connectivity index (χ2v) is 5.90. The zero-order chi connectivity index (χ0) is 17.4. The number of aryl methyl sites for hydroxylation is 1. The summed E-state index contributed by atoms with van der Waals surface area (Å²) in [6.07, 6.45) is 3.78. The van der Waals surface area contributed by atoms with Crippen LogP contribution in [0, 0.1) is 0 Å². The number of amides is 1. The highest BCUT2D eigenvalue weighted by atomic mass is 16.5. The Hall–Kier alpha value is -2.43. The predicted molar refractivity (Wildman–Crippen MR) is 90.3 cm³/mol. The molecule has 2 rings (SSSR count). The summed E-state index contributed by atoms with van der Waals surface area (Å²) in [5, 5.41) is 0. The standard InChI is InChI=1S/C19H23NO4/c1-15(14-17(21)10-9-16-6-3-2-4-7-16)19(23)24-13-12-20-11-5-8-18(20)22/h2-4,6-7,14H,5,8-13H2,1H3. The molecule has 1 aromatic carbocycles. The molecular formula is C19H23NO4. The molecule has 0 unspecified atom stereocenters. The van der Waals surface area contributed by atoms with Crippen molar-refractivity contribution in [1.29, 1.82) is 0 Å². The van der Waals surface area contributed by atoms with Gasteiger partial charge in [-0.25, -0.2) is 4.79 Å². The third-order valence-corrected chi connectivity index (χ3v) is 3.97. The highest BCUT2D eigenvalue weighted by molar-refractivity contribution is 5.99. The first-order valence-electron chi connectivity index (χ1n) is 8.26. The molecule has 24 heavy (non-hydrogen) atoms. The second kappa shape index (κ2) is 9.01. The average molecular weight is 329 g/mol. The Balaban J connectivity index is 1.71. The quantitative estimate of drug-likeness (QED) is 0.542. The monoisotopic (exact) mass is 329 g/mol. The van der Waals surface area contributed by atoms with Gasteiger partial charge in [-0.3, -0.25) is 9.59 Å². The lowest BCUT2D eigenvalue weighted by Crippen LogP contribution is -2.29. The summed E-state index contributed by atoms with van der Waals surface area (Å²) in [5.74, 6) is -0.493. The van der Waals surface area contributed by atoms with Crippen molar-refractivity contribution in [1.82, 2.24) is 4.90 Å². The lowest BCUT2D eigenvalue weighted by atomic mass is 10.1. The van der Waals surface area contributed by atoms with Gasteiger partial charge in [0.2, 0.25) is 5.91 Å². The van der Waals surface area contributed by atoms with Crippen molar-refractivity contribution in [2.45, 2.75) is 32.6 Å². The third kappa shape index (κ3) is 5.65. The number of carbonyl (C=O) groups excluding carboxylic acids is 3. The molecule has 1 aliphatic heterocycles. The fraction of sp³-hybridized carbons (Fsp3) is 0.421. The van der Waals surface area contributed by atoms with Crippen LogP contribution >= 0.6 is 0 Å². The number of allylic oxidation sites excluding steroid dienone is 1. The number of nitrogens with zero attached hydrogens (tertiary/aromatic N) is 1. The van der Waals surface area contributed by atoms with Crippen molar-refractivity contribution in [2.24, 2.45) is 0 Å². The molecule has 1 heterocycles. The maximum absolute atomic E-state index is 11.9. The molecule has 0 radical (unpaired) electrons. The number of esters is 1. The summed E-state index contributed by atoms with van der Waals surface area (Å²) in [5.41, 5.74) is 1.38. The summed E-state index contributed by atoms with van der Waals surface area (Å²) in [6.45, 7) is 2.88. The first-order valence-corrected chi connectivity index (χ1v) is 8.26. The molecule has 0 aliphatic carbocycles. The molecule has 0 aromatic heterocycles. The van der Waals surface area contributed by atoms with Gasteiger partial charge in [-0.15, -0.1) is 0 Å². The number of hydrogen-bond donors (Lipinski definition) is 0. The van der Waals surface area contributed by atoms with Crippen molar-refractivity contribution < 1.29 is 19.1 Å². The van der Waals surface area contributed by atoms with E-state index in [-0.39, 0.29) is 18.3 Å². The van der Waals surface area contributed by atoms with E-state index in [4.69, 9.17) is 4.74 Å². The van der Waals surface area contributed by atoms with Gasteiger partial charge in [0.15, 0.2) is 5.78 Å². The molecular weight excluding hydrogens is 306 g/mol. The van der Waals surface area contributed by atoms with Gasteiger partial charge in [-0.05, 0) is 31.4 Å². The zero-order valence-electron chi connectivity index (χ0n) is 14.0. The normalized spacial score (nSPS) is 14.8. The average Bonchev–Trinajstić information content (AvgIpc) is 2.99. The van der Waals surface area contributed by atoms with E-state index in [0.717, 1.165) is 18.5 Å². The molecule has 0 saturated carbocycles. The van der Waals surface area contributed by atoms with Crippen molar-refractivity contribution in [3.63, 3.8) is 0 Å². The number of ketones is 1. The first kappa shape index (κ1) is 17.9. The van der Waals surface area contributed by atoms with Crippen LogP contribution in [0.3, 0.4) is 0 Å². The van der Waals surface area contributed by atoms with Crippen molar-refractivity contribution in [3.8, 4) is 0 Å². The molecule has 1 saturated heterocycles. The second-order valence-electron chi connectivity index (χ2n) is 5.90. The molecule has 0 spiro atoms. The maximum atomic E-state index is 11.9. The van der Waals surface area contributed by atoms with Gasteiger partial charge in [0, 0.05) is 25.0 Å². The van der Waals surface area contributed by atoms with Gasteiger partial charge in [-0.2, -0.15) is 0 Å². The van der Waals surface area contributed by atoms with Crippen LogP contribution in [-0.2, 0) is 25.5 Å². The Morgan fingerprint density at radius 3 is 2.67 bits per heavy atom. The number of carbonyl (C=O) groups is 3. The molecule has 1 aliphatic rings. The Morgan fingerprint density at radius 1 is 1.25 bits per heavy atom. The zero-order valence-corrected chi connectivity index (χ0v) is 14.0. The van der Waals surface area contributed by atoms with Crippen molar-refractivity contribution in [2.75, 3.05) is 19.7 Å². The molecule has 0 bridgehead atoms.